The first kappa shape index (κ1) is 18.9. The van der Waals surface area contributed by atoms with Crippen LogP contribution in [0.4, 0.5) is 5.69 Å². The van der Waals surface area contributed by atoms with Gasteiger partial charge in [-0.2, -0.15) is 5.26 Å². The molecule has 1 unspecified atom stereocenters. The highest BCUT2D eigenvalue weighted by molar-refractivity contribution is 5.97. The molecule has 0 spiro atoms. The van der Waals surface area contributed by atoms with Crippen molar-refractivity contribution >= 4 is 11.6 Å². The smallest absolute Gasteiger partial charge is 0.263 e. The first-order chi connectivity index (χ1) is 12.6. The van der Waals surface area contributed by atoms with Crippen LogP contribution in [-0.2, 0) is 4.79 Å². The third-order valence-electron chi connectivity index (χ3n) is 3.78. The standard InChI is InChI=1S/C20H21N3O3/c1-14(15-7-5-4-6-8-15)23-20(24)16(12-21)13-22-17-9-10-18(25-2)19(11-17)26-3/h4-11,13-14,22H,1-3H3,(H,23,24)/b16-13-. The van der Waals surface area contributed by atoms with Gasteiger partial charge in [-0.05, 0) is 24.6 Å². The molecule has 0 aliphatic rings. The molecule has 2 N–H and O–H groups in total. The molecule has 6 heteroatoms. The summed E-state index contributed by atoms with van der Waals surface area (Å²) >= 11 is 0. The SMILES string of the molecule is COc1ccc(N/C=C(/C#N)C(=O)NC(C)c2ccccc2)cc1OC. The fourth-order valence-corrected chi connectivity index (χ4v) is 2.33. The number of carbonyl (C=O) groups excluding carboxylic acids is 1. The predicted molar refractivity (Wildman–Crippen MR) is 99.9 cm³/mol. The Kier molecular flexibility index (Phi) is 6.63. The average molecular weight is 351 g/mol. The van der Waals surface area contributed by atoms with E-state index in [9.17, 15) is 10.1 Å². The summed E-state index contributed by atoms with van der Waals surface area (Å²) in [7, 11) is 3.09. The van der Waals surface area contributed by atoms with E-state index in [1.54, 1.807) is 25.3 Å². The molecule has 0 aliphatic heterocycles. The van der Waals surface area contributed by atoms with Crippen molar-refractivity contribution in [3.63, 3.8) is 0 Å². The Bertz CT molecular complexity index is 826. The number of anilines is 1. The van der Waals surface area contributed by atoms with Crippen molar-refractivity contribution in [2.24, 2.45) is 0 Å². The van der Waals surface area contributed by atoms with Crippen molar-refractivity contribution in [1.29, 1.82) is 5.26 Å². The van der Waals surface area contributed by atoms with E-state index in [4.69, 9.17) is 9.47 Å². The van der Waals surface area contributed by atoms with Gasteiger partial charge in [0, 0.05) is 18.0 Å². The summed E-state index contributed by atoms with van der Waals surface area (Å²) in [6.07, 6.45) is 1.37. The van der Waals surface area contributed by atoms with Gasteiger partial charge in [-0.3, -0.25) is 4.79 Å². The van der Waals surface area contributed by atoms with Gasteiger partial charge in [0.05, 0.1) is 20.3 Å². The van der Waals surface area contributed by atoms with E-state index in [0.29, 0.717) is 17.2 Å². The van der Waals surface area contributed by atoms with Crippen LogP contribution in [0.5, 0.6) is 11.5 Å². The van der Waals surface area contributed by atoms with E-state index >= 15 is 0 Å². The lowest BCUT2D eigenvalue weighted by molar-refractivity contribution is -0.117. The summed E-state index contributed by atoms with van der Waals surface area (Å²) in [5.74, 6) is 0.695. The van der Waals surface area contributed by atoms with Gasteiger partial charge in [0.25, 0.3) is 5.91 Å². The Morgan fingerprint density at radius 1 is 1.12 bits per heavy atom. The average Bonchev–Trinajstić information content (AvgIpc) is 2.68. The van der Waals surface area contributed by atoms with E-state index in [0.717, 1.165) is 5.56 Å². The van der Waals surface area contributed by atoms with E-state index in [2.05, 4.69) is 10.6 Å². The minimum absolute atomic E-state index is 0.0254. The molecule has 0 saturated carbocycles. The lowest BCUT2D eigenvalue weighted by Crippen LogP contribution is -2.28. The number of ether oxygens (including phenoxy) is 2. The lowest BCUT2D eigenvalue weighted by atomic mass is 10.1. The van der Waals surface area contributed by atoms with Crippen LogP contribution in [0, 0.1) is 11.3 Å². The zero-order valence-corrected chi connectivity index (χ0v) is 14.9. The van der Waals surface area contributed by atoms with Gasteiger partial charge in [0.15, 0.2) is 11.5 Å². The van der Waals surface area contributed by atoms with Crippen LogP contribution in [0.2, 0.25) is 0 Å². The van der Waals surface area contributed by atoms with Crippen LogP contribution in [0.3, 0.4) is 0 Å². The van der Waals surface area contributed by atoms with E-state index in [1.807, 2.05) is 43.3 Å². The lowest BCUT2D eigenvalue weighted by Gasteiger charge is -2.14. The van der Waals surface area contributed by atoms with Gasteiger partial charge >= 0.3 is 0 Å². The molecular formula is C20H21N3O3. The number of nitrogens with one attached hydrogen (secondary N) is 2. The summed E-state index contributed by atoms with van der Waals surface area (Å²) in [6.45, 7) is 1.87. The molecule has 2 aromatic carbocycles. The maximum atomic E-state index is 12.3. The van der Waals surface area contributed by atoms with Gasteiger partial charge < -0.3 is 20.1 Å². The fourth-order valence-electron chi connectivity index (χ4n) is 2.33. The third kappa shape index (κ3) is 4.77. The summed E-state index contributed by atoms with van der Waals surface area (Å²) in [5, 5.41) is 15.0. The maximum Gasteiger partial charge on any atom is 0.263 e. The summed E-state index contributed by atoms with van der Waals surface area (Å²) < 4.78 is 10.4. The molecule has 0 bridgehead atoms. The molecule has 1 amide bonds. The Morgan fingerprint density at radius 3 is 2.42 bits per heavy atom. The zero-order valence-electron chi connectivity index (χ0n) is 14.9. The summed E-state index contributed by atoms with van der Waals surface area (Å²) in [4.78, 5) is 12.3. The molecule has 134 valence electrons. The molecule has 0 radical (unpaired) electrons. The van der Waals surface area contributed by atoms with Crippen molar-refractivity contribution in [2.75, 3.05) is 19.5 Å². The van der Waals surface area contributed by atoms with Crippen molar-refractivity contribution in [3.05, 3.63) is 65.9 Å². The molecule has 2 rings (SSSR count). The van der Waals surface area contributed by atoms with Crippen LogP contribution in [0.15, 0.2) is 60.3 Å². The minimum Gasteiger partial charge on any atom is -0.493 e. The van der Waals surface area contributed by atoms with Crippen LogP contribution < -0.4 is 20.1 Å². The Morgan fingerprint density at radius 2 is 1.81 bits per heavy atom. The first-order valence-electron chi connectivity index (χ1n) is 8.03. The van der Waals surface area contributed by atoms with Crippen molar-refractivity contribution in [3.8, 4) is 17.6 Å². The van der Waals surface area contributed by atoms with Crippen molar-refractivity contribution in [2.45, 2.75) is 13.0 Å². The molecule has 2 aromatic rings. The number of carbonyl (C=O) groups is 1. The molecular weight excluding hydrogens is 330 g/mol. The second kappa shape index (κ2) is 9.14. The zero-order chi connectivity index (χ0) is 18.9. The fraction of sp³-hybridized carbons (Fsp3) is 0.200. The number of methoxy groups -OCH3 is 2. The second-order valence-electron chi connectivity index (χ2n) is 5.49. The molecule has 0 aliphatic carbocycles. The molecule has 0 fully saturated rings. The number of rotatable bonds is 7. The Labute approximate surface area is 153 Å². The predicted octanol–water partition coefficient (Wildman–Crippen LogP) is 3.40. The van der Waals surface area contributed by atoms with E-state index in [1.165, 1.54) is 13.3 Å². The number of benzene rings is 2. The Balaban J connectivity index is 2.08. The van der Waals surface area contributed by atoms with Gasteiger partial charge in [0.2, 0.25) is 0 Å². The molecule has 26 heavy (non-hydrogen) atoms. The molecule has 6 nitrogen and oxygen atoms in total. The Hall–Kier alpha value is -3.46. The van der Waals surface area contributed by atoms with Gasteiger partial charge in [-0.15, -0.1) is 0 Å². The first-order valence-corrected chi connectivity index (χ1v) is 8.03. The highest BCUT2D eigenvalue weighted by Crippen LogP contribution is 2.29. The molecule has 0 heterocycles. The highest BCUT2D eigenvalue weighted by Gasteiger charge is 2.13. The van der Waals surface area contributed by atoms with Crippen LogP contribution in [-0.4, -0.2) is 20.1 Å². The molecule has 0 aromatic heterocycles. The van der Waals surface area contributed by atoms with Crippen LogP contribution >= 0.6 is 0 Å². The number of nitriles is 1. The largest absolute Gasteiger partial charge is 0.493 e. The summed E-state index contributed by atoms with van der Waals surface area (Å²) in [6, 6.07) is 16.5. The van der Waals surface area contributed by atoms with E-state index < -0.39 is 5.91 Å². The maximum absolute atomic E-state index is 12.3. The molecule has 1 atom stereocenters. The number of hydrogen-bond donors (Lipinski definition) is 2. The van der Waals surface area contributed by atoms with Crippen LogP contribution in [0.1, 0.15) is 18.5 Å². The highest BCUT2D eigenvalue weighted by atomic mass is 16.5. The van der Waals surface area contributed by atoms with Gasteiger partial charge in [-0.1, -0.05) is 30.3 Å². The van der Waals surface area contributed by atoms with Gasteiger partial charge in [0.1, 0.15) is 11.6 Å². The quantitative estimate of drug-likeness (QED) is 0.590. The number of nitrogens with zero attached hydrogens (tertiary/aromatic N) is 1. The van der Waals surface area contributed by atoms with Gasteiger partial charge in [-0.25, -0.2) is 0 Å². The monoisotopic (exact) mass is 351 g/mol. The van der Waals surface area contributed by atoms with E-state index in [-0.39, 0.29) is 11.6 Å². The van der Waals surface area contributed by atoms with Crippen LogP contribution in [0.25, 0.3) is 0 Å². The molecule has 0 saturated heterocycles. The van der Waals surface area contributed by atoms with Crippen molar-refractivity contribution < 1.29 is 14.3 Å². The second-order valence-corrected chi connectivity index (χ2v) is 5.49. The number of hydrogen-bond acceptors (Lipinski definition) is 5. The summed E-state index contributed by atoms with van der Waals surface area (Å²) in [5.41, 5.74) is 1.60. The van der Waals surface area contributed by atoms with Crippen molar-refractivity contribution in [1.82, 2.24) is 5.32 Å². The minimum atomic E-state index is -0.447. The normalized spacial score (nSPS) is 11.8. The third-order valence-corrected chi connectivity index (χ3v) is 3.78. The number of amides is 1. The topological polar surface area (TPSA) is 83.4 Å².